The molecular weight excluding hydrogens is 470 g/mol. The van der Waals surface area contributed by atoms with E-state index in [1.165, 1.54) is 0 Å². The van der Waals surface area contributed by atoms with Gasteiger partial charge in [0, 0.05) is 17.0 Å². The fourth-order valence-corrected chi connectivity index (χ4v) is 5.53. The summed E-state index contributed by atoms with van der Waals surface area (Å²) in [6.45, 7) is 0. The van der Waals surface area contributed by atoms with Gasteiger partial charge in [-0.3, -0.25) is 9.59 Å². The molecule has 36 heavy (non-hydrogen) atoms. The second kappa shape index (κ2) is 10.1. The molecule has 0 N–H and O–H groups in total. The number of nitrogens with zero attached hydrogens (tertiary/aromatic N) is 1. The quantitative estimate of drug-likeness (QED) is 0.187. The molecule has 0 saturated heterocycles. The third-order valence-corrected chi connectivity index (χ3v) is 7.37. The number of imide groups is 1. The number of thioether (sulfide) groups is 1. The molecule has 0 spiro atoms. The molecule has 5 rings (SSSR count). The van der Waals surface area contributed by atoms with Crippen molar-refractivity contribution < 1.29 is 19.2 Å². The average Bonchev–Trinajstić information content (AvgIpc) is 3.25. The lowest BCUT2D eigenvalue weighted by molar-refractivity contribution is -0.170. The first-order chi connectivity index (χ1) is 17.6. The molecular formula is C30H21NO4S. The molecule has 1 aliphatic rings. The highest BCUT2D eigenvalue weighted by Crippen LogP contribution is 2.51. The molecule has 0 bridgehead atoms. The second-order valence-corrected chi connectivity index (χ2v) is 9.38. The highest BCUT2D eigenvalue weighted by molar-refractivity contribution is 8.00. The Bertz CT molecular complexity index is 1300. The van der Waals surface area contributed by atoms with Crippen LogP contribution in [0.15, 0.2) is 132 Å². The Morgan fingerprint density at radius 2 is 1.03 bits per heavy atom. The van der Waals surface area contributed by atoms with Crippen LogP contribution < -0.4 is 0 Å². The van der Waals surface area contributed by atoms with Crippen molar-refractivity contribution in [1.29, 1.82) is 0 Å². The van der Waals surface area contributed by atoms with Crippen LogP contribution in [0, 0.1) is 0 Å². The third-order valence-electron chi connectivity index (χ3n) is 5.84. The van der Waals surface area contributed by atoms with Crippen LogP contribution in [0.3, 0.4) is 0 Å². The van der Waals surface area contributed by atoms with E-state index in [4.69, 9.17) is 4.84 Å². The highest BCUT2D eigenvalue weighted by atomic mass is 32.2. The summed E-state index contributed by atoms with van der Waals surface area (Å²) in [7, 11) is 0. The van der Waals surface area contributed by atoms with Crippen molar-refractivity contribution in [3.05, 3.63) is 150 Å². The molecule has 6 heteroatoms. The van der Waals surface area contributed by atoms with Gasteiger partial charge in [-0.2, -0.15) is 0 Å². The highest BCUT2D eigenvalue weighted by Gasteiger charge is 2.37. The first-order valence-corrected chi connectivity index (χ1v) is 12.1. The lowest BCUT2D eigenvalue weighted by atomic mass is 9.84. The van der Waals surface area contributed by atoms with Crippen LogP contribution in [0.2, 0.25) is 0 Å². The minimum atomic E-state index is -0.780. The fraction of sp³-hybridized carbons (Fsp3) is 0.0333. The van der Waals surface area contributed by atoms with Gasteiger partial charge >= 0.3 is 5.97 Å². The van der Waals surface area contributed by atoms with E-state index in [0.717, 1.165) is 33.7 Å². The maximum atomic E-state index is 12.5. The predicted molar refractivity (Wildman–Crippen MR) is 138 cm³/mol. The Kier molecular flexibility index (Phi) is 6.52. The van der Waals surface area contributed by atoms with Crippen molar-refractivity contribution in [2.24, 2.45) is 0 Å². The van der Waals surface area contributed by atoms with E-state index in [1.807, 2.05) is 66.7 Å². The van der Waals surface area contributed by atoms with E-state index in [2.05, 4.69) is 36.4 Å². The molecule has 5 nitrogen and oxygen atoms in total. The number of hydrogen-bond donors (Lipinski definition) is 0. The van der Waals surface area contributed by atoms with Crippen LogP contribution in [0.4, 0.5) is 0 Å². The van der Waals surface area contributed by atoms with E-state index in [0.29, 0.717) is 5.06 Å². The van der Waals surface area contributed by atoms with Gasteiger partial charge in [-0.1, -0.05) is 96.1 Å². The van der Waals surface area contributed by atoms with Gasteiger partial charge in [0.1, 0.15) is 0 Å². The summed E-state index contributed by atoms with van der Waals surface area (Å²) in [6.07, 6.45) is 2.12. The van der Waals surface area contributed by atoms with Crippen LogP contribution in [-0.4, -0.2) is 22.8 Å². The Balaban J connectivity index is 1.51. The summed E-state index contributed by atoms with van der Waals surface area (Å²) in [5.74, 6) is -2.14. The Hall–Kier alpha value is -4.42. The standard InChI is InChI=1S/C30H21NO4S/c32-27-20-21-28(33)31(27)35-29(34)22-16-18-26(19-17-22)36-30(23-10-4-1-5-11-23,24-12-6-2-7-13-24)25-14-8-3-9-15-25/h1-21H. The van der Waals surface area contributed by atoms with Gasteiger partial charge < -0.3 is 4.84 Å². The molecule has 0 fully saturated rings. The van der Waals surface area contributed by atoms with Gasteiger partial charge in [0.25, 0.3) is 11.8 Å². The maximum absolute atomic E-state index is 12.5. The SMILES string of the molecule is O=C(ON1C(=O)C=CC1=O)c1ccc(SC(c2ccccc2)(c2ccccc2)c2ccccc2)cc1. The summed E-state index contributed by atoms with van der Waals surface area (Å²) in [4.78, 5) is 41.9. The van der Waals surface area contributed by atoms with Gasteiger partial charge in [-0.25, -0.2) is 4.79 Å². The van der Waals surface area contributed by atoms with E-state index in [9.17, 15) is 14.4 Å². The van der Waals surface area contributed by atoms with Crippen molar-refractivity contribution in [3.63, 3.8) is 0 Å². The first kappa shape index (κ1) is 23.3. The molecule has 4 aromatic carbocycles. The third kappa shape index (κ3) is 4.46. The number of hydroxylamine groups is 2. The number of amides is 2. The molecule has 1 heterocycles. The fourth-order valence-electron chi connectivity index (χ4n) is 4.14. The first-order valence-electron chi connectivity index (χ1n) is 11.3. The molecule has 176 valence electrons. The van der Waals surface area contributed by atoms with Gasteiger partial charge in [0.15, 0.2) is 0 Å². The zero-order valence-electron chi connectivity index (χ0n) is 19.1. The molecule has 2 amide bonds. The summed E-state index contributed by atoms with van der Waals surface area (Å²) in [5.41, 5.74) is 3.59. The van der Waals surface area contributed by atoms with Crippen LogP contribution >= 0.6 is 11.8 Å². The van der Waals surface area contributed by atoms with Crippen molar-refractivity contribution in [2.45, 2.75) is 9.64 Å². The zero-order chi connectivity index (χ0) is 25.0. The molecule has 1 aliphatic heterocycles. The summed E-state index contributed by atoms with van der Waals surface area (Å²) < 4.78 is -0.550. The van der Waals surface area contributed by atoms with Crippen molar-refractivity contribution >= 4 is 29.5 Å². The van der Waals surface area contributed by atoms with Crippen LogP contribution in [0.25, 0.3) is 0 Å². The molecule has 0 radical (unpaired) electrons. The van der Waals surface area contributed by atoms with Crippen LogP contribution in [0.5, 0.6) is 0 Å². The lowest BCUT2D eigenvalue weighted by Crippen LogP contribution is -2.32. The van der Waals surface area contributed by atoms with E-state index >= 15 is 0 Å². The van der Waals surface area contributed by atoms with E-state index in [-0.39, 0.29) is 5.56 Å². The van der Waals surface area contributed by atoms with Crippen molar-refractivity contribution in [1.82, 2.24) is 5.06 Å². The topological polar surface area (TPSA) is 63.7 Å². The van der Waals surface area contributed by atoms with Gasteiger partial charge in [0.05, 0.1) is 10.3 Å². The largest absolute Gasteiger partial charge is 0.363 e. The predicted octanol–water partition coefficient (Wildman–Crippen LogP) is 5.77. The number of benzene rings is 4. The average molecular weight is 492 g/mol. The number of carbonyl (C=O) groups is 3. The van der Waals surface area contributed by atoms with Gasteiger partial charge in [0.2, 0.25) is 0 Å². The Labute approximate surface area is 213 Å². The number of carbonyl (C=O) groups excluding carboxylic acids is 3. The lowest BCUT2D eigenvalue weighted by Gasteiger charge is -2.35. The minimum Gasteiger partial charge on any atom is -0.324 e. The van der Waals surface area contributed by atoms with E-state index in [1.54, 1.807) is 23.9 Å². The van der Waals surface area contributed by atoms with Crippen molar-refractivity contribution in [2.75, 3.05) is 0 Å². The van der Waals surface area contributed by atoms with E-state index < -0.39 is 22.5 Å². The van der Waals surface area contributed by atoms with Gasteiger partial charge in [-0.05, 0) is 41.0 Å². The zero-order valence-corrected chi connectivity index (χ0v) is 19.9. The van der Waals surface area contributed by atoms with Crippen molar-refractivity contribution in [3.8, 4) is 0 Å². The second-order valence-electron chi connectivity index (χ2n) is 8.09. The summed E-state index contributed by atoms with van der Waals surface area (Å²) in [5, 5.41) is 0.455. The molecule has 0 aliphatic carbocycles. The minimum absolute atomic E-state index is 0.233. The van der Waals surface area contributed by atoms with Crippen LogP contribution in [0.1, 0.15) is 27.0 Å². The normalized spacial score (nSPS) is 13.2. The Morgan fingerprint density at radius 3 is 1.44 bits per heavy atom. The number of hydrogen-bond acceptors (Lipinski definition) is 5. The van der Waals surface area contributed by atoms with Crippen LogP contribution in [-0.2, 0) is 19.2 Å². The molecule has 0 saturated carbocycles. The molecule has 4 aromatic rings. The summed E-state index contributed by atoms with van der Waals surface area (Å²) in [6, 6.07) is 37.9. The summed E-state index contributed by atoms with van der Waals surface area (Å²) >= 11 is 1.67. The molecule has 0 unspecified atom stereocenters. The molecule has 0 aromatic heterocycles. The van der Waals surface area contributed by atoms with Gasteiger partial charge in [-0.15, -0.1) is 11.8 Å². The monoisotopic (exact) mass is 491 g/mol. The Morgan fingerprint density at radius 1 is 0.611 bits per heavy atom. The number of rotatable bonds is 7. The molecule has 0 atom stereocenters. The maximum Gasteiger partial charge on any atom is 0.363 e. The smallest absolute Gasteiger partial charge is 0.324 e.